The van der Waals surface area contributed by atoms with E-state index in [1.807, 2.05) is 19.1 Å². The Morgan fingerprint density at radius 3 is 2.77 bits per heavy atom. The summed E-state index contributed by atoms with van der Waals surface area (Å²) in [5, 5.41) is 0. The van der Waals surface area contributed by atoms with Gasteiger partial charge in [-0.1, -0.05) is 18.6 Å². The van der Waals surface area contributed by atoms with Gasteiger partial charge in [-0.2, -0.15) is 0 Å². The molecule has 0 aromatic rings. The molecule has 0 aromatic heterocycles. The molecule has 4 aliphatic rings. The second-order valence-corrected chi connectivity index (χ2v) is 9.52. The SMILES string of the molecule is C=CCC1C[C@H]2C(=CC1=O)CC[C@@H]1[C@@H]2CC[C@]2(CC)[C@@H](C(C)=O)CC[C@@H]12. The minimum absolute atomic E-state index is 0.159. The number of carbonyl (C=O) groups is 2. The zero-order valence-electron chi connectivity index (χ0n) is 16.5. The summed E-state index contributed by atoms with van der Waals surface area (Å²) in [7, 11) is 0. The highest BCUT2D eigenvalue weighted by Gasteiger charge is 2.58. The lowest BCUT2D eigenvalue weighted by Gasteiger charge is -2.55. The van der Waals surface area contributed by atoms with E-state index in [-0.39, 0.29) is 11.3 Å². The van der Waals surface area contributed by atoms with Crippen molar-refractivity contribution in [1.29, 1.82) is 0 Å². The standard InChI is InChI=1S/C24H34O2/c1-4-6-17-13-20-16(14-23(17)26)7-8-19-18(20)11-12-24(5-2)21(15(3)25)9-10-22(19)24/h4,14,17-22H,1,5-13H2,2-3H3/t17?,18-,19+,20-,21+,22-,24+/m0/s1. The maximum Gasteiger partial charge on any atom is 0.159 e. The number of carbonyl (C=O) groups excluding carboxylic acids is 2. The highest BCUT2D eigenvalue weighted by molar-refractivity contribution is 5.93. The van der Waals surface area contributed by atoms with Crippen molar-refractivity contribution in [1.82, 2.24) is 0 Å². The summed E-state index contributed by atoms with van der Waals surface area (Å²) in [6.07, 6.45) is 14.2. The molecule has 0 spiro atoms. The van der Waals surface area contributed by atoms with Crippen LogP contribution in [0.25, 0.3) is 0 Å². The Hall–Kier alpha value is -1.18. The highest BCUT2D eigenvalue weighted by Crippen LogP contribution is 2.65. The van der Waals surface area contributed by atoms with Crippen molar-refractivity contribution in [2.24, 2.45) is 40.9 Å². The molecule has 0 aromatic carbocycles. The first kappa shape index (κ1) is 18.2. The van der Waals surface area contributed by atoms with Gasteiger partial charge in [-0.25, -0.2) is 0 Å². The van der Waals surface area contributed by atoms with E-state index in [1.165, 1.54) is 31.3 Å². The molecule has 0 aliphatic heterocycles. The monoisotopic (exact) mass is 354 g/mol. The number of Topliss-reactive ketones (excluding diaryl/α,β-unsaturated/α-hetero) is 1. The third-order valence-electron chi connectivity index (χ3n) is 8.84. The minimum atomic E-state index is 0.159. The van der Waals surface area contributed by atoms with E-state index in [9.17, 15) is 9.59 Å². The Morgan fingerprint density at radius 2 is 2.08 bits per heavy atom. The van der Waals surface area contributed by atoms with Crippen LogP contribution in [0.1, 0.15) is 71.6 Å². The van der Waals surface area contributed by atoms with E-state index >= 15 is 0 Å². The van der Waals surface area contributed by atoms with Gasteiger partial charge in [0.25, 0.3) is 0 Å². The van der Waals surface area contributed by atoms with Crippen LogP contribution >= 0.6 is 0 Å². The Labute approximate surface area is 158 Å². The Balaban J connectivity index is 1.61. The predicted octanol–water partition coefficient (Wildman–Crippen LogP) is 5.53. The molecule has 3 fully saturated rings. The highest BCUT2D eigenvalue weighted by atomic mass is 16.1. The predicted molar refractivity (Wildman–Crippen MR) is 105 cm³/mol. The van der Waals surface area contributed by atoms with Gasteiger partial charge in [0, 0.05) is 11.8 Å². The van der Waals surface area contributed by atoms with Crippen molar-refractivity contribution >= 4 is 11.6 Å². The number of hydrogen-bond acceptors (Lipinski definition) is 2. The smallest absolute Gasteiger partial charge is 0.159 e. The summed E-state index contributed by atoms with van der Waals surface area (Å²) in [6, 6.07) is 0. The van der Waals surface area contributed by atoms with Gasteiger partial charge < -0.3 is 0 Å². The van der Waals surface area contributed by atoms with E-state index in [0.717, 1.165) is 49.9 Å². The first-order valence-corrected chi connectivity index (χ1v) is 10.9. The lowest BCUT2D eigenvalue weighted by molar-refractivity contribution is -0.129. The fourth-order valence-electron chi connectivity index (χ4n) is 7.77. The fourth-order valence-corrected chi connectivity index (χ4v) is 7.77. The summed E-state index contributed by atoms with van der Waals surface area (Å²) in [4.78, 5) is 24.8. The summed E-state index contributed by atoms with van der Waals surface area (Å²) in [5.74, 6) is 4.09. The average molecular weight is 355 g/mol. The molecule has 26 heavy (non-hydrogen) atoms. The van der Waals surface area contributed by atoms with Crippen molar-refractivity contribution < 1.29 is 9.59 Å². The number of allylic oxidation sites excluding steroid dienone is 2. The summed E-state index contributed by atoms with van der Waals surface area (Å²) >= 11 is 0. The lowest BCUT2D eigenvalue weighted by atomic mass is 9.49. The van der Waals surface area contributed by atoms with Crippen LogP contribution in [-0.4, -0.2) is 11.6 Å². The molecule has 7 atom stereocenters. The summed E-state index contributed by atoms with van der Waals surface area (Å²) in [5.41, 5.74) is 1.72. The van der Waals surface area contributed by atoms with E-state index in [4.69, 9.17) is 0 Å². The molecule has 0 radical (unpaired) electrons. The number of rotatable bonds is 4. The molecule has 4 rings (SSSR count). The van der Waals surface area contributed by atoms with Gasteiger partial charge in [0.05, 0.1) is 0 Å². The number of fused-ring (bicyclic) bond motifs is 5. The van der Waals surface area contributed by atoms with Crippen molar-refractivity contribution in [2.75, 3.05) is 0 Å². The van der Waals surface area contributed by atoms with Crippen LogP contribution < -0.4 is 0 Å². The normalized spacial score (nSPS) is 44.5. The molecular weight excluding hydrogens is 320 g/mol. The zero-order chi connectivity index (χ0) is 18.5. The van der Waals surface area contributed by atoms with Gasteiger partial charge >= 0.3 is 0 Å². The Kier molecular flexibility index (Phi) is 4.73. The Bertz CT molecular complexity index is 645. The average Bonchev–Trinajstić information content (AvgIpc) is 3.02. The van der Waals surface area contributed by atoms with Crippen molar-refractivity contribution in [3.63, 3.8) is 0 Å². The molecule has 0 amide bonds. The molecule has 2 heteroatoms. The fraction of sp³-hybridized carbons (Fsp3) is 0.750. The quantitative estimate of drug-likeness (QED) is 0.622. The summed E-state index contributed by atoms with van der Waals surface area (Å²) in [6.45, 7) is 8.00. The van der Waals surface area contributed by atoms with Gasteiger partial charge in [0.1, 0.15) is 5.78 Å². The second kappa shape index (κ2) is 6.77. The largest absolute Gasteiger partial charge is 0.300 e. The van der Waals surface area contributed by atoms with Crippen LogP contribution in [0, 0.1) is 40.9 Å². The molecular formula is C24H34O2. The van der Waals surface area contributed by atoms with Gasteiger partial charge in [0.2, 0.25) is 0 Å². The van der Waals surface area contributed by atoms with Gasteiger partial charge in [-0.15, -0.1) is 6.58 Å². The molecule has 1 unspecified atom stereocenters. The minimum Gasteiger partial charge on any atom is -0.300 e. The molecule has 0 saturated heterocycles. The van der Waals surface area contributed by atoms with Gasteiger partial charge in [-0.3, -0.25) is 9.59 Å². The Morgan fingerprint density at radius 1 is 1.27 bits per heavy atom. The van der Waals surface area contributed by atoms with E-state index in [0.29, 0.717) is 23.4 Å². The van der Waals surface area contributed by atoms with Gasteiger partial charge in [-0.05, 0) is 99.9 Å². The lowest BCUT2D eigenvalue weighted by Crippen LogP contribution is -2.49. The van der Waals surface area contributed by atoms with Crippen LogP contribution in [0.5, 0.6) is 0 Å². The van der Waals surface area contributed by atoms with E-state index in [2.05, 4.69) is 13.5 Å². The molecule has 0 bridgehead atoms. The first-order chi connectivity index (χ1) is 12.5. The molecule has 0 heterocycles. The van der Waals surface area contributed by atoms with Crippen LogP contribution in [0.2, 0.25) is 0 Å². The van der Waals surface area contributed by atoms with Crippen LogP contribution in [0.4, 0.5) is 0 Å². The molecule has 4 aliphatic carbocycles. The third kappa shape index (κ3) is 2.59. The molecule has 0 N–H and O–H groups in total. The van der Waals surface area contributed by atoms with Crippen molar-refractivity contribution in [3.8, 4) is 0 Å². The van der Waals surface area contributed by atoms with Crippen LogP contribution in [0.15, 0.2) is 24.3 Å². The molecule has 3 saturated carbocycles. The van der Waals surface area contributed by atoms with Crippen molar-refractivity contribution in [3.05, 3.63) is 24.3 Å². The van der Waals surface area contributed by atoms with Crippen LogP contribution in [0.3, 0.4) is 0 Å². The topological polar surface area (TPSA) is 34.1 Å². The van der Waals surface area contributed by atoms with Gasteiger partial charge in [0.15, 0.2) is 5.78 Å². The zero-order valence-corrected chi connectivity index (χ0v) is 16.5. The van der Waals surface area contributed by atoms with Crippen LogP contribution in [-0.2, 0) is 9.59 Å². The molecule has 142 valence electrons. The molecule has 2 nitrogen and oxygen atoms in total. The first-order valence-electron chi connectivity index (χ1n) is 10.9. The third-order valence-corrected chi connectivity index (χ3v) is 8.84. The van der Waals surface area contributed by atoms with E-state index < -0.39 is 0 Å². The maximum absolute atomic E-state index is 12.4. The summed E-state index contributed by atoms with van der Waals surface area (Å²) < 4.78 is 0. The van der Waals surface area contributed by atoms with E-state index in [1.54, 1.807) is 0 Å². The van der Waals surface area contributed by atoms with Crippen molar-refractivity contribution in [2.45, 2.75) is 71.6 Å². The second-order valence-electron chi connectivity index (χ2n) is 9.52. The number of hydrogen-bond donors (Lipinski definition) is 0. The number of ketones is 2. The maximum atomic E-state index is 12.4.